The summed E-state index contributed by atoms with van der Waals surface area (Å²) in [6, 6.07) is 12.6. The lowest BCUT2D eigenvalue weighted by atomic mass is 10.0. The maximum atomic E-state index is 11.9. The molecule has 22 heavy (non-hydrogen) atoms. The fraction of sp³-hybridized carbons (Fsp3) is 0.118. The Labute approximate surface area is 128 Å². The number of carbonyl (C=O) groups excluding carboxylic acids is 1. The first-order valence-corrected chi connectivity index (χ1v) is 6.53. The molecule has 0 heterocycles. The topological polar surface area (TPSA) is 76.0 Å². The quantitative estimate of drug-likeness (QED) is 0.504. The average Bonchev–Trinajstić information content (AvgIpc) is 2.53. The number of methoxy groups -OCH3 is 1. The van der Waals surface area contributed by atoms with E-state index in [1.807, 2.05) is 0 Å². The van der Waals surface area contributed by atoms with Gasteiger partial charge in [-0.25, -0.2) is 4.79 Å². The van der Waals surface area contributed by atoms with Crippen LogP contribution in [0.1, 0.15) is 17.2 Å². The first-order chi connectivity index (χ1) is 10.5. The van der Waals surface area contributed by atoms with Crippen LogP contribution in [0.2, 0.25) is 0 Å². The SMILES string of the molecule is C=C(OC)C(=O)OC(c1ccc(O)cc1)c1ccc(O)cc1. The summed E-state index contributed by atoms with van der Waals surface area (Å²) in [5.41, 5.74) is 1.33. The lowest BCUT2D eigenvalue weighted by Gasteiger charge is -2.19. The molecule has 5 heteroatoms. The van der Waals surface area contributed by atoms with Crippen molar-refractivity contribution < 1.29 is 24.5 Å². The van der Waals surface area contributed by atoms with Gasteiger partial charge in [-0.1, -0.05) is 24.3 Å². The van der Waals surface area contributed by atoms with E-state index in [4.69, 9.17) is 9.47 Å². The normalized spacial score (nSPS) is 10.3. The van der Waals surface area contributed by atoms with Gasteiger partial charge in [-0.2, -0.15) is 0 Å². The van der Waals surface area contributed by atoms with Crippen molar-refractivity contribution in [3.05, 3.63) is 72.0 Å². The van der Waals surface area contributed by atoms with Crippen molar-refractivity contribution in [1.29, 1.82) is 0 Å². The lowest BCUT2D eigenvalue weighted by molar-refractivity contribution is -0.146. The van der Waals surface area contributed by atoms with Gasteiger partial charge in [-0.05, 0) is 42.0 Å². The summed E-state index contributed by atoms with van der Waals surface area (Å²) in [5.74, 6) is -0.571. The summed E-state index contributed by atoms with van der Waals surface area (Å²) in [6.45, 7) is 3.46. The Bertz CT molecular complexity index is 613. The average molecular weight is 300 g/mol. The molecule has 2 aromatic rings. The molecule has 114 valence electrons. The molecule has 2 N–H and O–H groups in total. The summed E-state index contributed by atoms with van der Waals surface area (Å²) < 4.78 is 10.2. The van der Waals surface area contributed by atoms with Gasteiger partial charge in [0, 0.05) is 0 Å². The molecule has 0 unspecified atom stereocenters. The molecule has 2 aromatic carbocycles. The molecule has 0 atom stereocenters. The number of carbonyl (C=O) groups is 1. The monoisotopic (exact) mass is 300 g/mol. The van der Waals surface area contributed by atoms with Crippen LogP contribution in [0.5, 0.6) is 11.5 Å². The van der Waals surface area contributed by atoms with E-state index in [9.17, 15) is 15.0 Å². The molecular weight excluding hydrogens is 284 g/mol. The number of benzene rings is 2. The molecule has 0 saturated carbocycles. The van der Waals surface area contributed by atoms with Crippen molar-refractivity contribution in [3.8, 4) is 11.5 Å². The van der Waals surface area contributed by atoms with Crippen LogP contribution in [0, 0.1) is 0 Å². The highest BCUT2D eigenvalue weighted by Gasteiger charge is 2.21. The van der Waals surface area contributed by atoms with E-state index in [-0.39, 0.29) is 17.3 Å². The molecule has 0 aliphatic rings. The molecule has 0 saturated heterocycles. The Morgan fingerprint density at radius 2 is 1.36 bits per heavy atom. The van der Waals surface area contributed by atoms with Crippen LogP contribution in [0.4, 0.5) is 0 Å². The fourth-order valence-electron chi connectivity index (χ4n) is 1.88. The first kappa shape index (κ1) is 15.4. The molecule has 0 radical (unpaired) electrons. The van der Waals surface area contributed by atoms with Gasteiger partial charge in [0.05, 0.1) is 7.11 Å². The largest absolute Gasteiger partial charge is 0.508 e. The van der Waals surface area contributed by atoms with Crippen molar-refractivity contribution in [3.63, 3.8) is 0 Å². The van der Waals surface area contributed by atoms with Crippen molar-refractivity contribution >= 4 is 5.97 Å². The number of rotatable bonds is 5. The van der Waals surface area contributed by atoms with Crippen molar-refractivity contribution in [2.45, 2.75) is 6.10 Å². The predicted octanol–water partition coefficient (Wildman–Crippen LogP) is 2.89. The highest BCUT2D eigenvalue weighted by atomic mass is 16.6. The van der Waals surface area contributed by atoms with Gasteiger partial charge in [0.15, 0.2) is 11.9 Å². The summed E-state index contributed by atoms with van der Waals surface area (Å²) in [7, 11) is 1.33. The van der Waals surface area contributed by atoms with Crippen LogP contribution in [-0.2, 0) is 14.3 Å². The minimum atomic E-state index is -0.708. The van der Waals surface area contributed by atoms with Crippen LogP contribution >= 0.6 is 0 Å². The van der Waals surface area contributed by atoms with E-state index in [0.717, 1.165) is 0 Å². The first-order valence-electron chi connectivity index (χ1n) is 6.53. The van der Waals surface area contributed by atoms with Gasteiger partial charge in [0.1, 0.15) is 11.5 Å². The minimum Gasteiger partial charge on any atom is -0.508 e. The highest BCUT2D eigenvalue weighted by molar-refractivity contribution is 5.85. The van der Waals surface area contributed by atoms with Crippen molar-refractivity contribution in [2.24, 2.45) is 0 Å². The molecule has 0 aromatic heterocycles. The second kappa shape index (κ2) is 6.67. The Balaban J connectivity index is 2.35. The number of hydrogen-bond acceptors (Lipinski definition) is 5. The number of aromatic hydroxyl groups is 2. The summed E-state index contributed by atoms with van der Waals surface area (Å²) >= 11 is 0. The lowest BCUT2D eigenvalue weighted by Crippen LogP contribution is -2.15. The highest BCUT2D eigenvalue weighted by Crippen LogP contribution is 2.29. The maximum Gasteiger partial charge on any atom is 0.373 e. The van der Waals surface area contributed by atoms with Crippen LogP contribution in [0.25, 0.3) is 0 Å². The second-order valence-electron chi connectivity index (χ2n) is 4.60. The van der Waals surface area contributed by atoms with Gasteiger partial charge < -0.3 is 19.7 Å². The minimum absolute atomic E-state index is 0.109. The van der Waals surface area contributed by atoms with Gasteiger partial charge in [-0.3, -0.25) is 0 Å². The van der Waals surface area contributed by atoms with Gasteiger partial charge in [-0.15, -0.1) is 0 Å². The predicted molar refractivity (Wildman–Crippen MR) is 80.3 cm³/mol. The van der Waals surface area contributed by atoms with E-state index in [1.165, 1.54) is 31.4 Å². The zero-order chi connectivity index (χ0) is 16.1. The van der Waals surface area contributed by atoms with Gasteiger partial charge in [0.25, 0.3) is 0 Å². The second-order valence-corrected chi connectivity index (χ2v) is 4.60. The molecule has 0 amide bonds. The maximum absolute atomic E-state index is 11.9. The fourth-order valence-corrected chi connectivity index (χ4v) is 1.88. The third-order valence-corrected chi connectivity index (χ3v) is 3.09. The standard InChI is InChI=1S/C17H16O5/c1-11(21-2)17(20)22-16(12-3-7-14(18)8-4-12)13-5-9-15(19)10-6-13/h3-10,16,18-19H,1H2,2H3. The van der Waals surface area contributed by atoms with Gasteiger partial charge >= 0.3 is 5.97 Å². The van der Waals surface area contributed by atoms with Crippen LogP contribution in [0.3, 0.4) is 0 Å². The van der Waals surface area contributed by atoms with E-state index in [1.54, 1.807) is 24.3 Å². The third-order valence-electron chi connectivity index (χ3n) is 3.09. The zero-order valence-electron chi connectivity index (χ0n) is 12.0. The molecule has 0 fully saturated rings. The van der Waals surface area contributed by atoms with Gasteiger partial charge in [0.2, 0.25) is 0 Å². The van der Waals surface area contributed by atoms with E-state index < -0.39 is 12.1 Å². The van der Waals surface area contributed by atoms with Crippen LogP contribution < -0.4 is 0 Å². The Morgan fingerprint density at radius 3 is 1.73 bits per heavy atom. The smallest absolute Gasteiger partial charge is 0.373 e. The molecule has 2 rings (SSSR count). The molecule has 0 spiro atoms. The van der Waals surface area contributed by atoms with Crippen LogP contribution in [0.15, 0.2) is 60.9 Å². The van der Waals surface area contributed by atoms with Crippen molar-refractivity contribution in [2.75, 3.05) is 7.11 Å². The van der Waals surface area contributed by atoms with E-state index >= 15 is 0 Å². The number of ether oxygens (including phenoxy) is 2. The Kier molecular flexibility index (Phi) is 4.68. The van der Waals surface area contributed by atoms with E-state index in [2.05, 4.69) is 6.58 Å². The molecule has 0 bridgehead atoms. The molecule has 0 aliphatic heterocycles. The molecular formula is C17H16O5. The van der Waals surface area contributed by atoms with E-state index in [0.29, 0.717) is 11.1 Å². The Hall–Kier alpha value is -2.95. The number of hydrogen-bond donors (Lipinski definition) is 2. The summed E-state index contributed by atoms with van der Waals surface area (Å²) in [5, 5.41) is 18.8. The third kappa shape index (κ3) is 3.58. The number of phenolic OH excluding ortho intramolecular Hbond substituents is 2. The van der Waals surface area contributed by atoms with Crippen molar-refractivity contribution in [1.82, 2.24) is 0 Å². The Morgan fingerprint density at radius 1 is 0.955 bits per heavy atom. The molecule has 5 nitrogen and oxygen atoms in total. The zero-order valence-corrected chi connectivity index (χ0v) is 12.0. The van der Waals surface area contributed by atoms with Crippen LogP contribution in [-0.4, -0.2) is 23.3 Å². The number of esters is 1. The summed E-state index contributed by atoms with van der Waals surface area (Å²) in [4.78, 5) is 11.9. The molecule has 0 aliphatic carbocycles. The summed E-state index contributed by atoms with van der Waals surface area (Å²) in [6.07, 6.45) is -0.708. The number of phenols is 2.